The average molecular weight is 418 g/mol. The van der Waals surface area contributed by atoms with E-state index in [2.05, 4.69) is 35.2 Å². The van der Waals surface area contributed by atoms with Gasteiger partial charge in [0.2, 0.25) is 5.88 Å². The van der Waals surface area contributed by atoms with Crippen LogP contribution in [0.3, 0.4) is 0 Å². The zero-order chi connectivity index (χ0) is 20.5. The van der Waals surface area contributed by atoms with E-state index in [1.807, 2.05) is 38.1 Å². The SMILES string of the molecule is C=C(C)SSC(=C)N(Cc1ccccc1)c1cc(OCCOC)nc(N)c1C. The van der Waals surface area contributed by atoms with Crippen LogP contribution in [0.25, 0.3) is 0 Å². The van der Waals surface area contributed by atoms with Gasteiger partial charge < -0.3 is 20.1 Å². The Morgan fingerprint density at radius 1 is 1.18 bits per heavy atom. The van der Waals surface area contributed by atoms with Crippen molar-refractivity contribution < 1.29 is 9.47 Å². The molecule has 0 amide bonds. The highest BCUT2D eigenvalue weighted by atomic mass is 33.1. The number of hydrogen-bond donors (Lipinski definition) is 1. The number of nitrogens with two attached hydrogens (primary N) is 1. The number of allylic oxidation sites excluding steroid dienone is 1. The summed E-state index contributed by atoms with van der Waals surface area (Å²) in [5, 5.41) is 0.883. The third kappa shape index (κ3) is 6.51. The molecule has 28 heavy (non-hydrogen) atoms. The van der Waals surface area contributed by atoms with Gasteiger partial charge in [0.25, 0.3) is 0 Å². The van der Waals surface area contributed by atoms with E-state index in [-0.39, 0.29) is 0 Å². The van der Waals surface area contributed by atoms with Gasteiger partial charge in [0, 0.05) is 25.3 Å². The number of methoxy groups -OCH3 is 1. The maximum absolute atomic E-state index is 6.17. The molecule has 1 heterocycles. The summed E-state index contributed by atoms with van der Waals surface area (Å²) in [7, 11) is 4.80. The first-order valence-corrected chi connectivity index (χ1v) is 11.0. The van der Waals surface area contributed by atoms with E-state index in [4.69, 9.17) is 15.2 Å². The van der Waals surface area contributed by atoms with Crippen molar-refractivity contribution in [3.63, 3.8) is 0 Å². The predicted molar refractivity (Wildman–Crippen MR) is 123 cm³/mol. The van der Waals surface area contributed by atoms with Crippen molar-refractivity contribution in [1.82, 2.24) is 4.98 Å². The van der Waals surface area contributed by atoms with Crippen LogP contribution >= 0.6 is 21.6 Å². The quantitative estimate of drug-likeness (QED) is 0.388. The highest BCUT2D eigenvalue weighted by Crippen LogP contribution is 2.40. The molecule has 0 saturated heterocycles. The van der Waals surface area contributed by atoms with Crippen LogP contribution in [-0.4, -0.2) is 25.3 Å². The Balaban J connectivity index is 2.37. The first-order valence-electron chi connectivity index (χ1n) is 8.81. The maximum atomic E-state index is 6.17. The third-order valence-electron chi connectivity index (χ3n) is 3.85. The number of nitrogens with zero attached hydrogens (tertiary/aromatic N) is 2. The molecule has 0 aliphatic heterocycles. The fraction of sp³-hybridized carbons (Fsp3) is 0.286. The first-order chi connectivity index (χ1) is 13.4. The van der Waals surface area contributed by atoms with Gasteiger partial charge in [-0.15, -0.1) is 0 Å². The molecule has 5 nitrogen and oxygen atoms in total. The van der Waals surface area contributed by atoms with Crippen molar-refractivity contribution in [3.05, 3.63) is 70.6 Å². The van der Waals surface area contributed by atoms with Crippen LogP contribution in [0, 0.1) is 6.92 Å². The monoisotopic (exact) mass is 417 g/mol. The van der Waals surface area contributed by atoms with Gasteiger partial charge in [-0.2, -0.15) is 4.98 Å². The number of pyridine rings is 1. The predicted octanol–water partition coefficient (Wildman–Crippen LogP) is 5.39. The summed E-state index contributed by atoms with van der Waals surface area (Å²) in [5.41, 5.74) is 9.15. The van der Waals surface area contributed by atoms with E-state index in [0.29, 0.717) is 31.5 Å². The molecule has 0 spiro atoms. The molecule has 0 aliphatic carbocycles. The third-order valence-corrected chi connectivity index (χ3v) is 6.31. The van der Waals surface area contributed by atoms with E-state index < -0.39 is 0 Å². The molecule has 0 radical (unpaired) electrons. The average Bonchev–Trinajstić information content (AvgIpc) is 2.68. The van der Waals surface area contributed by atoms with E-state index in [1.54, 1.807) is 28.7 Å². The van der Waals surface area contributed by atoms with Crippen molar-refractivity contribution in [2.75, 3.05) is 31.0 Å². The standard InChI is InChI=1S/C21H27N3O2S2/c1-15(2)27-28-17(4)24(14-18-9-7-6-8-10-18)19-13-20(26-12-11-25-5)23-21(22)16(19)3/h6-10,13H,1,4,11-12,14H2,2-3,5H3,(H2,22,23). The molecule has 1 aromatic carbocycles. The second-order valence-electron chi connectivity index (χ2n) is 6.17. The Morgan fingerprint density at radius 2 is 1.89 bits per heavy atom. The lowest BCUT2D eigenvalue weighted by Crippen LogP contribution is -2.21. The molecule has 0 aliphatic rings. The smallest absolute Gasteiger partial charge is 0.217 e. The van der Waals surface area contributed by atoms with Crippen LogP contribution < -0.4 is 15.4 Å². The molecule has 1 aromatic heterocycles. The summed E-state index contributed by atoms with van der Waals surface area (Å²) in [4.78, 5) is 7.49. The summed E-state index contributed by atoms with van der Waals surface area (Å²) >= 11 is 0. The highest BCUT2D eigenvalue weighted by Gasteiger charge is 2.18. The minimum Gasteiger partial charge on any atom is -0.475 e. The number of nitrogen functional groups attached to an aromatic ring is 1. The van der Waals surface area contributed by atoms with Gasteiger partial charge in [-0.3, -0.25) is 0 Å². The molecular weight excluding hydrogens is 390 g/mol. The van der Waals surface area contributed by atoms with E-state index in [9.17, 15) is 0 Å². The van der Waals surface area contributed by atoms with Gasteiger partial charge in [-0.25, -0.2) is 0 Å². The van der Waals surface area contributed by atoms with Crippen molar-refractivity contribution in [1.29, 1.82) is 0 Å². The molecule has 2 aromatic rings. The van der Waals surface area contributed by atoms with Crippen LogP contribution in [0.5, 0.6) is 5.88 Å². The van der Waals surface area contributed by atoms with E-state index in [1.165, 1.54) is 5.56 Å². The van der Waals surface area contributed by atoms with E-state index in [0.717, 1.165) is 21.2 Å². The zero-order valence-electron chi connectivity index (χ0n) is 16.6. The number of anilines is 2. The van der Waals surface area contributed by atoms with Gasteiger partial charge in [-0.05, 0) is 35.1 Å². The Kier molecular flexibility index (Phi) is 8.76. The van der Waals surface area contributed by atoms with Gasteiger partial charge in [0.05, 0.1) is 17.3 Å². The largest absolute Gasteiger partial charge is 0.475 e. The number of rotatable bonds is 11. The number of aromatic nitrogens is 1. The molecule has 7 heteroatoms. The fourth-order valence-electron chi connectivity index (χ4n) is 2.41. The molecule has 0 atom stereocenters. The Hall–Kier alpha value is -2.09. The number of ether oxygens (including phenoxy) is 2. The van der Waals surface area contributed by atoms with Crippen molar-refractivity contribution in [3.8, 4) is 5.88 Å². The Bertz CT molecular complexity index is 813. The van der Waals surface area contributed by atoms with E-state index >= 15 is 0 Å². The molecule has 150 valence electrons. The summed E-state index contributed by atoms with van der Waals surface area (Å²) in [6, 6.07) is 12.1. The number of benzene rings is 1. The summed E-state index contributed by atoms with van der Waals surface area (Å²) in [6.07, 6.45) is 0. The van der Waals surface area contributed by atoms with Gasteiger partial charge in [0.15, 0.2) is 0 Å². The Labute approximate surface area is 175 Å². The summed E-state index contributed by atoms with van der Waals surface area (Å²) in [6.45, 7) is 13.7. The van der Waals surface area contributed by atoms with Crippen LogP contribution in [0.15, 0.2) is 59.5 Å². The van der Waals surface area contributed by atoms with Crippen molar-refractivity contribution in [2.24, 2.45) is 0 Å². The van der Waals surface area contributed by atoms with Gasteiger partial charge >= 0.3 is 0 Å². The van der Waals surface area contributed by atoms with Crippen LogP contribution in [0.4, 0.5) is 11.5 Å². The lowest BCUT2D eigenvalue weighted by molar-refractivity contribution is 0.144. The molecule has 0 saturated carbocycles. The van der Waals surface area contributed by atoms with Gasteiger partial charge in [0.1, 0.15) is 12.4 Å². The van der Waals surface area contributed by atoms with Crippen molar-refractivity contribution >= 4 is 33.1 Å². The highest BCUT2D eigenvalue weighted by molar-refractivity contribution is 8.79. The second-order valence-corrected chi connectivity index (χ2v) is 8.67. The van der Waals surface area contributed by atoms with Crippen LogP contribution in [0.2, 0.25) is 0 Å². The lowest BCUT2D eigenvalue weighted by atomic mass is 10.1. The summed E-state index contributed by atoms with van der Waals surface area (Å²) in [5.74, 6) is 0.909. The lowest BCUT2D eigenvalue weighted by Gasteiger charge is -2.28. The minimum absolute atomic E-state index is 0.408. The zero-order valence-corrected chi connectivity index (χ0v) is 18.2. The number of hydrogen-bond acceptors (Lipinski definition) is 7. The van der Waals surface area contributed by atoms with Crippen LogP contribution in [-0.2, 0) is 11.3 Å². The Morgan fingerprint density at radius 3 is 2.54 bits per heavy atom. The molecule has 2 N–H and O–H groups in total. The molecule has 0 bridgehead atoms. The first kappa shape index (κ1) is 22.2. The summed E-state index contributed by atoms with van der Waals surface area (Å²) < 4.78 is 10.7. The molecule has 0 fully saturated rings. The molecule has 0 unspecified atom stereocenters. The molecular formula is C21H27N3O2S2. The second kappa shape index (κ2) is 11.0. The normalized spacial score (nSPS) is 10.5. The van der Waals surface area contributed by atoms with Gasteiger partial charge in [-0.1, -0.05) is 54.3 Å². The fourth-order valence-corrected chi connectivity index (χ4v) is 3.89. The maximum Gasteiger partial charge on any atom is 0.217 e. The minimum atomic E-state index is 0.408. The topological polar surface area (TPSA) is 60.6 Å². The molecule has 2 rings (SSSR count). The van der Waals surface area contributed by atoms with Crippen LogP contribution in [0.1, 0.15) is 18.1 Å². The van der Waals surface area contributed by atoms with Crippen molar-refractivity contribution in [2.45, 2.75) is 20.4 Å².